The summed E-state index contributed by atoms with van der Waals surface area (Å²) in [4.78, 5) is 0. The molecule has 0 rings (SSSR count). The number of rotatable bonds is 2. The van der Waals surface area contributed by atoms with E-state index in [4.69, 9.17) is 10.5 Å². The van der Waals surface area contributed by atoms with Gasteiger partial charge >= 0.3 is 0 Å². The Balaban J connectivity index is 4.48. The van der Waals surface area contributed by atoms with Crippen LogP contribution in [0, 0.1) is 28.6 Å². The van der Waals surface area contributed by atoms with E-state index in [1.807, 2.05) is 12.1 Å². The Kier molecular flexibility index (Phi) is 3.22. The maximum Gasteiger partial charge on any atom is 0.259 e. The largest absolute Gasteiger partial charge is 0.313 e. The van der Waals surface area contributed by atoms with Gasteiger partial charge in [0.05, 0.1) is 23.6 Å². The smallest absolute Gasteiger partial charge is 0.259 e. The molecule has 0 N–H and O–H groups in total. The zero-order valence-electron chi connectivity index (χ0n) is 6.93. The Morgan fingerprint density at radius 3 is 1.82 bits per heavy atom. The van der Waals surface area contributed by atoms with Crippen molar-refractivity contribution in [2.75, 3.05) is 0 Å². The monoisotopic (exact) mass is 170 g/mol. The minimum Gasteiger partial charge on any atom is -0.313 e. The third kappa shape index (κ3) is 2.69. The van der Waals surface area contributed by atoms with Gasteiger partial charge in [0.15, 0.2) is 0 Å². The topological polar surface area (TPSA) is 47.6 Å². The fraction of sp³-hybridized carbons (Fsp3) is 0.714. The van der Waals surface area contributed by atoms with Gasteiger partial charge in [0.2, 0.25) is 0 Å². The predicted molar refractivity (Wildman–Crippen MR) is 42.7 cm³/mol. The first kappa shape index (κ1) is 10.1. The van der Waals surface area contributed by atoms with Gasteiger partial charge in [-0.2, -0.15) is 10.5 Å². The maximum absolute atomic E-state index is 13.3. The van der Waals surface area contributed by atoms with Crippen LogP contribution in [-0.2, 0) is 0 Å². The molecule has 11 heavy (non-hydrogen) atoms. The first-order valence-corrected chi connectivity index (χ1v) is 6.37. The van der Waals surface area contributed by atoms with E-state index in [9.17, 15) is 4.11 Å². The first-order chi connectivity index (χ1) is 4.93. The molecule has 0 fully saturated rings. The number of halogens is 1. The Bertz CT molecular complexity index is 208. The van der Waals surface area contributed by atoms with Crippen LogP contribution in [0.2, 0.25) is 18.6 Å². The molecular weight excluding hydrogens is 159 g/mol. The number of nitriles is 2. The molecule has 4 heteroatoms. The lowest BCUT2D eigenvalue weighted by molar-refractivity contribution is 0.668. The number of hydrogen-bond acceptors (Lipinski definition) is 2. The normalized spacial score (nSPS) is 16.2. The third-order valence-corrected chi connectivity index (χ3v) is 3.69. The SMILES string of the molecule is CC(C#N)C(C#N)[Si](C)(C)F. The summed E-state index contributed by atoms with van der Waals surface area (Å²) >= 11 is 0. The standard InChI is InChI=1S/C7H11FN2Si/c1-6(4-9)7(5-10)11(2,3)8/h6-7H,1-3H3. The Hall–Kier alpha value is -0.873. The second-order valence-corrected chi connectivity index (χ2v) is 6.84. The molecule has 0 aliphatic heterocycles. The van der Waals surface area contributed by atoms with Crippen LogP contribution in [0.25, 0.3) is 0 Å². The Labute approximate surface area is 67.4 Å². The molecule has 0 amide bonds. The summed E-state index contributed by atoms with van der Waals surface area (Å²) in [6.07, 6.45) is 0. The summed E-state index contributed by atoms with van der Waals surface area (Å²) in [7, 11) is -2.95. The molecule has 0 saturated heterocycles. The van der Waals surface area contributed by atoms with Crippen LogP contribution >= 0.6 is 0 Å². The molecule has 2 unspecified atom stereocenters. The van der Waals surface area contributed by atoms with Crippen molar-refractivity contribution in [3.8, 4) is 12.1 Å². The van der Waals surface area contributed by atoms with Crippen molar-refractivity contribution in [3.05, 3.63) is 0 Å². The van der Waals surface area contributed by atoms with Crippen molar-refractivity contribution < 1.29 is 4.11 Å². The van der Waals surface area contributed by atoms with E-state index in [2.05, 4.69) is 0 Å². The molecule has 0 aromatic rings. The van der Waals surface area contributed by atoms with Gasteiger partial charge in [0.25, 0.3) is 8.41 Å². The molecule has 0 aromatic carbocycles. The van der Waals surface area contributed by atoms with E-state index in [0.29, 0.717) is 0 Å². The van der Waals surface area contributed by atoms with Gasteiger partial charge in [0, 0.05) is 0 Å². The molecule has 60 valence electrons. The zero-order valence-corrected chi connectivity index (χ0v) is 7.93. The van der Waals surface area contributed by atoms with Gasteiger partial charge in [-0.05, 0) is 20.0 Å². The van der Waals surface area contributed by atoms with Gasteiger partial charge in [-0.1, -0.05) is 0 Å². The van der Waals surface area contributed by atoms with Gasteiger partial charge < -0.3 is 4.11 Å². The van der Waals surface area contributed by atoms with Crippen molar-refractivity contribution in [1.82, 2.24) is 0 Å². The summed E-state index contributed by atoms with van der Waals surface area (Å²) in [5.41, 5.74) is -0.701. The quantitative estimate of drug-likeness (QED) is 0.471. The fourth-order valence-corrected chi connectivity index (χ4v) is 2.50. The molecule has 2 atom stereocenters. The van der Waals surface area contributed by atoms with Crippen LogP contribution < -0.4 is 0 Å². The molecule has 0 radical (unpaired) electrons. The molecule has 0 bridgehead atoms. The van der Waals surface area contributed by atoms with Crippen LogP contribution in [-0.4, -0.2) is 8.41 Å². The van der Waals surface area contributed by atoms with Crippen molar-refractivity contribution in [1.29, 1.82) is 10.5 Å². The molecule has 0 aromatic heterocycles. The van der Waals surface area contributed by atoms with E-state index >= 15 is 0 Å². The van der Waals surface area contributed by atoms with Crippen molar-refractivity contribution >= 4 is 8.41 Å². The molecular formula is C7H11FN2Si. The van der Waals surface area contributed by atoms with Crippen molar-refractivity contribution in [2.45, 2.75) is 25.6 Å². The second-order valence-electron chi connectivity index (χ2n) is 3.09. The highest BCUT2D eigenvalue weighted by molar-refractivity contribution is 6.72. The van der Waals surface area contributed by atoms with E-state index < -0.39 is 19.9 Å². The van der Waals surface area contributed by atoms with Crippen LogP contribution in [0.4, 0.5) is 4.11 Å². The van der Waals surface area contributed by atoms with Crippen LogP contribution in [0.1, 0.15) is 6.92 Å². The van der Waals surface area contributed by atoms with Crippen LogP contribution in [0.3, 0.4) is 0 Å². The summed E-state index contributed by atoms with van der Waals surface area (Å²) in [5.74, 6) is -0.494. The summed E-state index contributed by atoms with van der Waals surface area (Å²) < 4.78 is 13.3. The average Bonchev–Trinajstić information content (AvgIpc) is 1.86. The minimum atomic E-state index is -2.95. The number of hydrogen-bond donors (Lipinski definition) is 0. The third-order valence-electron chi connectivity index (χ3n) is 1.58. The summed E-state index contributed by atoms with van der Waals surface area (Å²) in [5, 5.41) is 17.0. The van der Waals surface area contributed by atoms with Crippen LogP contribution in [0.5, 0.6) is 0 Å². The molecule has 0 spiro atoms. The first-order valence-electron chi connectivity index (χ1n) is 3.41. The lowest BCUT2D eigenvalue weighted by atomic mass is 10.1. The number of nitrogens with zero attached hydrogens (tertiary/aromatic N) is 2. The van der Waals surface area contributed by atoms with E-state index in [1.165, 1.54) is 13.1 Å². The van der Waals surface area contributed by atoms with E-state index in [1.54, 1.807) is 6.92 Å². The Morgan fingerprint density at radius 2 is 1.73 bits per heavy atom. The fourth-order valence-electron chi connectivity index (χ4n) is 0.934. The maximum atomic E-state index is 13.3. The average molecular weight is 170 g/mol. The molecule has 2 nitrogen and oxygen atoms in total. The van der Waals surface area contributed by atoms with Gasteiger partial charge in [-0.3, -0.25) is 0 Å². The highest BCUT2D eigenvalue weighted by atomic mass is 28.4. The van der Waals surface area contributed by atoms with Gasteiger partial charge in [0.1, 0.15) is 0 Å². The molecule has 0 aliphatic rings. The highest BCUT2D eigenvalue weighted by Gasteiger charge is 2.37. The Morgan fingerprint density at radius 1 is 1.27 bits per heavy atom. The van der Waals surface area contributed by atoms with E-state index in [0.717, 1.165) is 0 Å². The molecule has 0 saturated carbocycles. The second kappa shape index (κ2) is 3.50. The summed E-state index contributed by atoms with van der Waals surface area (Å²) in [6, 6.07) is 3.75. The molecule has 0 aliphatic carbocycles. The van der Waals surface area contributed by atoms with Crippen molar-refractivity contribution in [2.24, 2.45) is 5.92 Å². The summed E-state index contributed by atoms with van der Waals surface area (Å²) in [6.45, 7) is 4.49. The van der Waals surface area contributed by atoms with Crippen molar-refractivity contribution in [3.63, 3.8) is 0 Å². The molecule has 0 heterocycles. The lowest BCUT2D eigenvalue weighted by Crippen LogP contribution is -2.29. The van der Waals surface area contributed by atoms with E-state index in [-0.39, 0.29) is 0 Å². The zero-order chi connectivity index (χ0) is 9.07. The lowest BCUT2D eigenvalue weighted by Gasteiger charge is -2.18. The van der Waals surface area contributed by atoms with Crippen LogP contribution in [0.15, 0.2) is 0 Å². The minimum absolute atomic E-state index is 0.494. The highest BCUT2D eigenvalue weighted by Crippen LogP contribution is 2.29. The predicted octanol–water partition coefficient (Wildman–Crippen LogP) is 2.21. The van der Waals surface area contributed by atoms with Gasteiger partial charge in [-0.15, -0.1) is 0 Å². The van der Waals surface area contributed by atoms with Gasteiger partial charge in [-0.25, -0.2) is 0 Å².